The fourth-order valence-corrected chi connectivity index (χ4v) is 1.22. The number of methoxy groups -OCH3 is 1. The van der Waals surface area contributed by atoms with E-state index in [1.165, 1.54) is 21.0 Å². The molecule has 0 fully saturated rings. The molecule has 0 saturated carbocycles. The molecule has 0 saturated heterocycles. The van der Waals surface area contributed by atoms with E-state index in [4.69, 9.17) is 16.3 Å². The summed E-state index contributed by atoms with van der Waals surface area (Å²) < 4.78 is 5.01. The van der Waals surface area contributed by atoms with Crippen molar-refractivity contribution in [2.75, 3.05) is 12.4 Å². The number of carbonyl (C=O) groups is 1. The third kappa shape index (κ3) is 3.12. The van der Waals surface area contributed by atoms with E-state index in [1.54, 1.807) is 18.2 Å². The first-order valence-electron chi connectivity index (χ1n) is 4.72. The first kappa shape index (κ1) is 12.8. The molecule has 0 radical (unpaired) electrons. The predicted octanol–water partition coefficient (Wildman–Crippen LogP) is 2.06. The molecule has 0 bridgehead atoms. The van der Waals surface area contributed by atoms with Gasteiger partial charge in [0.25, 0.3) is 5.91 Å². The third-order valence-electron chi connectivity index (χ3n) is 1.96. The van der Waals surface area contributed by atoms with Crippen LogP contribution in [-0.2, 0) is 4.79 Å². The molecule has 1 aromatic rings. The van der Waals surface area contributed by atoms with Crippen LogP contribution in [0.4, 0.5) is 5.69 Å². The third-order valence-corrected chi connectivity index (χ3v) is 2.28. The van der Waals surface area contributed by atoms with Gasteiger partial charge in [-0.2, -0.15) is 0 Å². The topological polar surface area (TPSA) is 58.6 Å². The maximum atomic E-state index is 11.5. The Balaban J connectivity index is 2.87. The van der Waals surface area contributed by atoms with Crippen LogP contribution in [0.1, 0.15) is 13.8 Å². The standard InChI is InChI=1S/C11H14ClNO3/c1-11(2,15)10(14)13-7-4-5-8(12)9(6-7)16-3/h4-6,15H,1-3H3,(H,13,14). The monoisotopic (exact) mass is 243 g/mol. The summed E-state index contributed by atoms with van der Waals surface area (Å²) >= 11 is 5.84. The van der Waals surface area contributed by atoms with Crippen LogP contribution in [0.25, 0.3) is 0 Å². The van der Waals surface area contributed by atoms with Gasteiger partial charge in [0.05, 0.1) is 12.1 Å². The lowest BCUT2D eigenvalue weighted by Gasteiger charge is -2.17. The largest absolute Gasteiger partial charge is 0.495 e. The Kier molecular flexibility index (Phi) is 3.78. The molecule has 16 heavy (non-hydrogen) atoms. The summed E-state index contributed by atoms with van der Waals surface area (Å²) in [5.41, 5.74) is -0.902. The van der Waals surface area contributed by atoms with E-state index in [-0.39, 0.29) is 0 Å². The number of hydrogen-bond acceptors (Lipinski definition) is 3. The molecule has 88 valence electrons. The molecule has 0 aliphatic carbocycles. The second-order valence-corrected chi connectivity index (χ2v) is 4.27. The smallest absolute Gasteiger partial charge is 0.255 e. The van der Waals surface area contributed by atoms with Crippen molar-refractivity contribution in [1.29, 1.82) is 0 Å². The summed E-state index contributed by atoms with van der Waals surface area (Å²) in [6.45, 7) is 2.82. The average Bonchev–Trinajstić information content (AvgIpc) is 2.19. The SMILES string of the molecule is COc1cc(NC(=O)C(C)(C)O)ccc1Cl. The number of nitrogens with one attached hydrogen (secondary N) is 1. The summed E-state index contributed by atoms with van der Waals surface area (Å²) in [7, 11) is 1.49. The summed E-state index contributed by atoms with van der Waals surface area (Å²) in [6.07, 6.45) is 0. The molecule has 1 amide bonds. The zero-order chi connectivity index (χ0) is 12.3. The van der Waals surface area contributed by atoms with E-state index in [0.717, 1.165) is 0 Å². The zero-order valence-electron chi connectivity index (χ0n) is 9.37. The minimum absolute atomic E-state index is 0.462. The fraction of sp³-hybridized carbons (Fsp3) is 0.364. The highest BCUT2D eigenvalue weighted by atomic mass is 35.5. The van der Waals surface area contributed by atoms with Gasteiger partial charge in [0.1, 0.15) is 11.4 Å². The summed E-state index contributed by atoms with van der Waals surface area (Å²) in [4.78, 5) is 11.5. The Bertz CT molecular complexity index is 399. The van der Waals surface area contributed by atoms with Crippen LogP contribution in [0.15, 0.2) is 18.2 Å². The molecule has 4 nitrogen and oxygen atoms in total. The van der Waals surface area contributed by atoms with Crippen LogP contribution in [0.5, 0.6) is 5.75 Å². The number of halogens is 1. The van der Waals surface area contributed by atoms with Gasteiger partial charge in [-0.1, -0.05) is 11.6 Å². The van der Waals surface area contributed by atoms with E-state index >= 15 is 0 Å². The molecule has 1 aromatic carbocycles. The summed E-state index contributed by atoms with van der Waals surface area (Å²) in [6, 6.07) is 4.83. The molecule has 0 spiro atoms. The number of aliphatic hydroxyl groups is 1. The van der Waals surface area contributed by atoms with Crippen LogP contribution >= 0.6 is 11.6 Å². The quantitative estimate of drug-likeness (QED) is 0.854. The van der Waals surface area contributed by atoms with E-state index in [2.05, 4.69) is 5.32 Å². The number of amides is 1. The van der Waals surface area contributed by atoms with E-state index in [9.17, 15) is 9.90 Å². The molecule has 0 aliphatic heterocycles. The van der Waals surface area contributed by atoms with Gasteiger partial charge >= 0.3 is 0 Å². The molecular formula is C11H14ClNO3. The molecule has 0 atom stereocenters. The van der Waals surface area contributed by atoms with Gasteiger partial charge < -0.3 is 15.2 Å². The Labute approximate surface area is 99.2 Å². The van der Waals surface area contributed by atoms with Crippen LogP contribution < -0.4 is 10.1 Å². The van der Waals surface area contributed by atoms with Gasteiger partial charge in [-0.05, 0) is 26.0 Å². The van der Waals surface area contributed by atoms with Crippen molar-refractivity contribution in [2.24, 2.45) is 0 Å². The highest BCUT2D eigenvalue weighted by Gasteiger charge is 2.23. The van der Waals surface area contributed by atoms with E-state index in [0.29, 0.717) is 16.5 Å². The highest BCUT2D eigenvalue weighted by Crippen LogP contribution is 2.27. The molecule has 0 unspecified atom stereocenters. The van der Waals surface area contributed by atoms with Crippen molar-refractivity contribution in [2.45, 2.75) is 19.4 Å². The second kappa shape index (κ2) is 4.72. The lowest BCUT2D eigenvalue weighted by Crippen LogP contribution is -2.36. The van der Waals surface area contributed by atoms with Crippen molar-refractivity contribution in [3.05, 3.63) is 23.2 Å². The van der Waals surface area contributed by atoms with E-state index in [1.807, 2.05) is 0 Å². The van der Waals surface area contributed by atoms with Crippen molar-refractivity contribution >= 4 is 23.2 Å². The number of anilines is 1. The van der Waals surface area contributed by atoms with Crippen LogP contribution in [-0.4, -0.2) is 23.7 Å². The average molecular weight is 244 g/mol. The van der Waals surface area contributed by atoms with Crippen molar-refractivity contribution in [1.82, 2.24) is 0 Å². The summed E-state index contributed by atoms with van der Waals surface area (Å²) in [5.74, 6) is -0.0212. The predicted molar refractivity (Wildman–Crippen MR) is 62.9 cm³/mol. The van der Waals surface area contributed by atoms with Gasteiger partial charge in [0, 0.05) is 11.8 Å². The number of carbonyl (C=O) groups excluding carboxylic acids is 1. The lowest BCUT2D eigenvalue weighted by atomic mass is 10.1. The first-order chi connectivity index (χ1) is 7.34. The van der Waals surface area contributed by atoms with Crippen molar-refractivity contribution < 1.29 is 14.6 Å². The highest BCUT2D eigenvalue weighted by molar-refractivity contribution is 6.32. The maximum absolute atomic E-state index is 11.5. The Hall–Kier alpha value is -1.26. The molecule has 0 heterocycles. The van der Waals surface area contributed by atoms with Crippen LogP contribution in [0.2, 0.25) is 5.02 Å². The van der Waals surface area contributed by atoms with Gasteiger partial charge in [-0.15, -0.1) is 0 Å². The number of hydrogen-bond donors (Lipinski definition) is 2. The normalized spacial score (nSPS) is 11.1. The molecule has 0 aromatic heterocycles. The number of ether oxygens (including phenoxy) is 1. The van der Waals surface area contributed by atoms with Crippen molar-refractivity contribution in [3.63, 3.8) is 0 Å². The number of benzene rings is 1. The van der Waals surface area contributed by atoms with E-state index < -0.39 is 11.5 Å². The first-order valence-corrected chi connectivity index (χ1v) is 5.10. The second-order valence-electron chi connectivity index (χ2n) is 3.86. The summed E-state index contributed by atoms with van der Waals surface area (Å²) in [5, 5.41) is 12.5. The van der Waals surface area contributed by atoms with Gasteiger partial charge in [0.2, 0.25) is 0 Å². The molecule has 2 N–H and O–H groups in total. The Morgan fingerprint density at radius 2 is 2.12 bits per heavy atom. The zero-order valence-corrected chi connectivity index (χ0v) is 10.1. The minimum Gasteiger partial charge on any atom is -0.495 e. The fourth-order valence-electron chi connectivity index (χ4n) is 1.02. The Morgan fingerprint density at radius 3 is 2.62 bits per heavy atom. The van der Waals surface area contributed by atoms with Crippen LogP contribution in [0, 0.1) is 0 Å². The lowest BCUT2D eigenvalue weighted by molar-refractivity contribution is -0.130. The molecule has 5 heteroatoms. The van der Waals surface area contributed by atoms with Gasteiger partial charge in [0.15, 0.2) is 0 Å². The number of rotatable bonds is 3. The molecule has 0 aliphatic rings. The molecular weight excluding hydrogens is 230 g/mol. The van der Waals surface area contributed by atoms with Gasteiger partial charge in [-0.25, -0.2) is 0 Å². The van der Waals surface area contributed by atoms with Crippen molar-refractivity contribution in [3.8, 4) is 5.75 Å². The van der Waals surface area contributed by atoms with Crippen LogP contribution in [0.3, 0.4) is 0 Å². The minimum atomic E-state index is -1.42. The van der Waals surface area contributed by atoms with Gasteiger partial charge in [-0.3, -0.25) is 4.79 Å². The maximum Gasteiger partial charge on any atom is 0.255 e. The Morgan fingerprint density at radius 1 is 1.50 bits per heavy atom. The molecule has 1 rings (SSSR count).